The van der Waals surface area contributed by atoms with E-state index in [1.807, 2.05) is 19.0 Å². The summed E-state index contributed by atoms with van der Waals surface area (Å²) in [5, 5.41) is 11.4. The number of nitrogens with one attached hydrogen (secondary N) is 1. The van der Waals surface area contributed by atoms with Crippen molar-refractivity contribution >= 4 is 44.4 Å². The van der Waals surface area contributed by atoms with Crippen LogP contribution in [0.3, 0.4) is 0 Å². The molecular formula is C24H37N5O7S. The van der Waals surface area contributed by atoms with Crippen molar-refractivity contribution < 1.29 is 27.5 Å². The topological polar surface area (TPSA) is 153 Å². The van der Waals surface area contributed by atoms with Crippen LogP contribution in [0.15, 0.2) is 21.3 Å². The minimum Gasteiger partial charge on any atom is -0.465 e. The van der Waals surface area contributed by atoms with Gasteiger partial charge >= 0.3 is 11.7 Å². The van der Waals surface area contributed by atoms with E-state index >= 15 is 0 Å². The summed E-state index contributed by atoms with van der Waals surface area (Å²) in [5.74, 6) is -0.510. The molecular weight excluding hydrogens is 502 g/mol. The first kappa shape index (κ1) is 30.0. The number of nitrogens with zero attached hydrogens (tertiary/aromatic N) is 4. The van der Waals surface area contributed by atoms with Crippen molar-refractivity contribution in [3.05, 3.63) is 28.1 Å². The van der Waals surface area contributed by atoms with Gasteiger partial charge in [0.05, 0.1) is 16.6 Å². The third kappa shape index (κ3) is 7.41. The molecule has 1 heterocycles. The van der Waals surface area contributed by atoms with Crippen LogP contribution in [0.4, 0.5) is 16.5 Å². The molecule has 2 N–H and O–H groups in total. The number of hydrogen-bond donors (Lipinski definition) is 2. The third-order valence-corrected chi connectivity index (χ3v) is 7.34. The summed E-state index contributed by atoms with van der Waals surface area (Å²) in [5.41, 5.74) is -0.432. The van der Waals surface area contributed by atoms with Gasteiger partial charge in [-0.1, -0.05) is 0 Å². The fraction of sp³-hybridized carbons (Fsp3) is 0.583. The van der Waals surface area contributed by atoms with Gasteiger partial charge in [0.15, 0.2) is 9.84 Å². The van der Waals surface area contributed by atoms with E-state index in [2.05, 4.69) is 10.3 Å². The Hall–Kier alpha value is -3.19. The number of anilines is 2. The number of carbonyl (C=O) groups is 2. The Morgan fingerprint density at radius 2 is 1.78 bits per heavy atom. The van der Waals surface area contributed by atoms with Gasteiger partial charge in [0.1, 0.15) is 5.25 Å². The second kappa shape index (κ2) is 11.5. The van der Waals surface area contributed by atoms with Crippen molar-refractivity contribution in [2.75, 3.05) is 57.2 Å². The van der Waals surface area contributed by atoms with Gasteiger partial charge in [-0.2, -0.15) is 4.98 Å². The Balaban J connectivity index is 2.28. The summed E-state index contributed by atoms with van der Waals surface area (Å²) in [6, 6.07) is 2.98. The standard InChI is InChI=1S/C24H37N5O7S/c1-15-17(29(23(32)33)24(2,3)4)10-9-16-19(15)21(31)36-22(26-16)25-12-11-18(37(8,34)35)20(30)28(7)14-13-27(5)6/h9-10,18H,11-14H2,1-8H3,(H,25,26)(H,32,33). The molecule has 0 radical (unpaired) electrons. The first-order valence-electron chi connectivity index (χ1n) is 11.7. The highest BCUT2D eigenvalue weighted by molar-refractivity contribution is 7.92. The van der Waals surface area contributed by atoms with Crippen LogP contribution in [-0.2, 0) is 14.6 Å². The summed E-state index contributed by atoms with van der Waals surface area (Å²) in [4.78, 5) is 46.3. The summed E-state index contributed by atoms with van der Waals surface area (Å²) < 4.78 is 29.9. The van der Waals surface area contributed by atoms with Crippen molar-refractivity contribution in [2.24, 2.45) is 0 Å². The molecule has 0 aliphatic heterocycles. The van der Waals surface area contributed by atoms with Gasteiger partial charge in [0.2, 0.25) is 5.91 Å². The molecule has 1 aromatic carbocycles. The van der Waals surface area contributed by atoms with E-state index in [4.69, 9.17) is 4.42 Å². The van der Waals surface area contributed by atoms with Gasteiger partial charge in [-0.05, 0) is 65.9 Å². The zero-order valence-electron chi connectivity index (χ0n) is 22.7. The molecule has 1 aromatic heterocycles. The van der Waals surface area contributed by atoms with Crippen LogP contribution in [0.2, 0.25) is 0 Å². The van der Waals surface area contributed by atoms with Gasteiger partial charge in [-0.15, -0.1) is 0 Å². The van der Waals surface area contributed by atoms with E-state index in [9.17, 15) is 27.9 Å². The molecule has 1 atom stereocenters. The molecule has 0 aliphatic carbocycles. The number of fused-ring (bicyclic) bond motifs is 1. The fourth-order valence-electron chi connectivity index (χ4n) is 3.91. The van der Waals surface area contributed by atoms with Gasteiger partial charge in [-0.3, -0.25) is 9.69 Å². The van der Waals surface area contributed by atoms with Gasteiger partial charge in [-0.25, -0.2) is 18.0 Å². The lowest BCUT2D eigenvalue weighted by molar-refractivity contribution is -0.129. The van der Waals surface area contributed by atoms with E-state index in [-0.39, 0.29) is 24.4 Å². The van der Waals surface area contributed by atoms with Crippen molar-refractivity contribution in [2.45, 2.75) is 44.9 Å². The fourth-order valence-corrected chi connectivity index (χ4v) is 5.01. The second-order valence-corrected chi connectivity index (χ2v) is 12.5. The Labute approximate surface area is 217 Å². The van der Waals surface area contributed by atoms with E-state index < -0.39 is 38.3 Å². The molecule has 0 bridgehead atoms. The van der Waals surface area contributed by atoms with Gasteiger partial charge < -0.3 is 24.6 Å². The average molecular weight is 540 g/mol. The molecule has 0 spiro atoms. The number of aryl methyl sites for hydroxylation is 1. The smallest absolute Gasteiger partial charge is 0.412 e. The molecule has 1 unspecified atom stereocenters. The van der Waals surface area contributed by atoms with Crippen LogP contribution in [0.25, 0.3) is 10.9 Å². The number of benzene rings is 1. The number of aromatic nitrogens is 1. The highest BCUT2D eigenvalue weighted by Gasteiger charge is 2.32. The van der Waals surface area contributed by atoms with Crippen LogP contribution in [-0.4, -0.2) is 98.1 Å². The lowest BCUT2D eigenvalue weighted by atomic mass is 10.0. The monoisotopic (exact) mass is 539 g/mol. The molecule has 2 amide bonds. The summed E-state index contributed by atoms with van der Waals surface area (Å²) in [6.45, 7) is 7.83. The Bertz CT molecular complexity index is 1320. The third-order valence-electron chi connectivity index (χ3n) is 5.87. The molecule has 37 heavy (non-hydrogen) atoms. The number of carbonyl (C=O) groups excluding carboxylic acids is 1. The average Bonchev–Trinajstić information content (AvgIpc) is 2.74. The Kier molecular flexibility index (Phi) is 9.31. The van der Waals surface area contributed by atoms with Crippen LogP contribution in [0.1, 0.15) is 32.8 Å². The molecule has 206 valence electrons. The van der Waals surface area contributed by atoms with E-state index in [0.717, 1.165) is 6.26 Å². The number of likely N-dealkylation sites (N-methyl/N-ethyl adjacent to an activating group) is 2. The first-order valence-corrected chi connectivity index (χ1v) is 13.7. The van der Waals surface area contributed by atoms with Crippen molar-refractivity contribution in [3.63, 3.8) is 0 Å². The number of sulfone groups is 1. The van der Waals surface area contributed by atoms with Gasteiger partial charge in [0, 0.05) is 38.5 Å². The lowest BCUT2D eigenvalue weighted by Gasteiger charge is -2.34. The van der Waals surface area contributed by atoms with Crippen LogP contribution >= 0.6 is 0 Å². The second-order valence-electron chi connectivity index (χ2n) is 10.3. The first-order chi connectivity index (χ1) is 16.9. The summed E-state index contributed by atoms with van der Waals surface area (Å²) in [7, 11) is 1.58. The molecule has 12 nitrogen and oxygen atoms in total. The zero-order valence-corrected chi connectivity index (χ0v) is 23.5. The van der Waals surface area contributed by atoms with E-state index in [1.54, 1.807) is 40.8 Å². The quantitative estimate of drug-likeness (QED) is 0.458. The molecule has 2 aromatic rings. The van der Waals surface area contributed by atoms with Crippen LogP contribution in [0, 0.1) is 6.92 Å². The molecule has 13 heteroatoms. The molecule has 0 saturated carbocycles. The Morgan fingerprint density at radius 3 is 2.30 bits per heavy atom. The number of hydrogen-bond acceptors (Lipinski definition) is 9. The minimum absolute atomic E-state index is 0.0142. The zero-order chi connectivity index (χ0) is 28.3. The summed E-state index contributed by atoms with van der Waals surface area (Å²) >= 11 is 0. The predicted octanol–water partition coefficient (Wildman–Crippen LogP) is 2.01. The SMILES string of the molecule is Cc1c(N(C(=O)O)C(C)(C)C)ccc2nc(NCCC(C(=O)N(C)CCN(C)C)S(C)(=O)=O)oc(=O)c12. The van der Waals surface area contributed by atoms with Crippen LogP contribution < -0.4 is 15.8 Å². The number of amides is 2. The van der Waals surface area contributed by atoms with Gasteiger partial charge in [0.25, 0.3) is 6.01 Å². The van der Waals surface area contributed by atoms with E-state index in [0.29, 0.717) is 29.9 Å². The number of carboxylic acid groups (broad SMARTS) is 1. The molecule has 2 rings (SSSR count). The molecule has 0 aliphatic rings. The van der Waals surface area contributed by atoms with Crippen LogP contribution in [0.5, 0.6) is 0 Å². The maximum Gasteiger partial charge on any atom is 0.412 e. The highest BCUT2D eigenvalue weighted by atomic mass is 32.2. The van der Waals surface area contributed by atoms with E-state index in [1.165, 1.54) is 15.9 Å². The molecule has 0 saturated heterocycles. The largest absolute Gasteiger partial charge is 0.465 e. The lowest BCUT2D eigenvalue weighted by Crippen LogP contribution is -2.45. The van der Waals surface area contributed by atoms with Crippen molar-refractivity contribution in [1.29, 1.82) is 0 Å². The minimum atomic E-state index is -3.69. The highest BCUT2D eigenvalue weighted by Crippen LogP contribution is 2.31. The normalized spacial score (nSPS) is 13.0. The Morgan fingerprint density at radius 1 is 1.16 bits per heavy atom. The van der Waals surface area contributed by atoms with Crippen molar-refractivity contribution in [1.82, 2.24) is 14.8 Å². The molecule has 0 fully saturated rings. The maximum absolute atomic E-state index is 12.8. The maximum atomic E-state index is 12.8. The predicted molar refractivity (Wildman–Crippen MR) is 143 cm³/mol. The summed E-state index contributed by atoms with van der Waals surface area (Å²) in [6.07, 6.45) is -0.194. The van der Waals surface area contributed by atoms with Crippen molar-refractivity contribution in [3.8, 4) is 0 Å². The number of rotatable bonds is 10.